The van der Waals surface area contributed by atoms with Gasteiger partial charge >= 0.3 is 0 Å². The summed E-state index contributed by atoms with van der Waals surface area (Å²) >= 11 is 7.24. The van der Waals surface area contributed by atoms with Gasteiger partial charge in [-0.2, -0.15) is 0 Å². The van der Waals surface area contributed by atoms with Gasteiger partial charge in [-0.3, -0.25) is 4.79 Å². The van der Waals surface area contributed by atoms with Crippen molar-refractivity contribution in [2.45, 2.75) is 20.3 Å². The lowest BCUT2D eigenvalue weighted by molar-refractivity contribution is 0.102. The summed E-state index contributed by atoms with van der Waals surface area (Å²) in [5.74, 6) is 0.851. The van der Waals surface area contributed by atoms with Crippen LogP contribution in [0.5, 0.6) is 5.75 Å². The molecule has 0 unspecified atom stereocenters. The van der Waals surface area contributed by atoms with Crippen LogP contribution in [0.4, 0.5) is 0 Å². The quantitative estimate of drug-likeness (QED) is 0.785. The van der Waals surface area contributed by atoms with Crippen LogP contribution in [0.15, 0.2) is 24.3 Å². The zero-order valence-electron chi connectivity index (χ0n) is 10.8. The van der Waals surface area contributed by atoms with E-state index in [4.69, 9.17) is 16.3 Å². The van der Waals surface area contributed by atoms with Crippen LogP contribution in [0.25, 0.3) is 0 Å². The summed E-state index contributed by atoms with van der Waals surface area (Å²) in [7, 11) is 0. The molecule has 5 heteroatoms. The molecule has 1 heterocycles. The Balaban J connectivity index is 1.90. The molecule has 0 atom stereocenters. The molecule has 1 aromatic carbocycles. The van der Waals surface area contributed by atoms with Gasteiger partial charge in [-0.25, -0.2) is 4.98 Å². The largest absolute Gasteiger partial charge is 0.493 e. The predicted molar refractivity (Wildman–Crippen MR) is 77.5 cm³/mol. The highest BCUT2D eigenvalue weighted by molar-refractivity contribution is 7.13. The van der Waals surface area contributed by atoms with E-state index in [-0.39, 0.29) is 5.78 Å². The molecule has 0 amide bonds. The van der Waals surface area contributed by atoms with Crippen molar-refractivity contribution in [3.05, 3.63) is 44.9 Å². The first kappa shape index (κ1) is 14.0. The Hall–Kier alpha value is -1.39. The van der Waals surface area contributed by atoms with Crippen LogP contribution >= 0.6 is 22.9 Å². The third kappa shape index (κ3) is 3.78. The van der Waals surface area contributed by atoms with Gasteiger partial charge in [0.25, 0.3) is 0 Å². The van der Waals surface area contributed by atoms with E-state index in [9.17, 15) is 4.79 Å². The van der Waals surface area contributed by atoms with E-state index in [0.717, 1.165) is 21.3 Å². The van der Waals surface area contributed by atoms with Gasteiger partial charge in [-0.05, 0) is 31.2 Å². The monoisotopic (exact) mass is 295 g/mol. The SMILES string of the molecule is CC(=O)c1sc(CCOc2ccc(Cl)cc2)nc1C. The molecule has 0 spiro atoms. The molecule has 0 saturated carbocycles. The van der Waals surface area contributed by atoms with E-state index in [1.807, 2.05) is 19.1 Å². The average Bonchev–Trinajstić information content (AvgIpc) is 2.73. The Kier molecular flexibility index (Phi) is 4.56. The van der Waals surface area contributed by atoms with Crippen molar-refractivity contribution in [3.63, 3.8) is 0 Å². The number of ether oxygens (including phenoxy) is 1. The summed E-state index contributed by atoms with van der Waals surface area (Å²) in [6.07, 6.45) is 0.696. The molecule has 0 bridgehead atoms. The average molecular weight is 296 g/mol. The Morgan fingerprint density at radius 3 is 2.63 bits per heavy atom. The van der Waals surface area contributed by atoms with Crippen molar-refractivity contribution >= 4 is 28.7 Å². The number of nitrogens with zero attached hydrogens (tertiary/aromatic N) is 1. The normalized spacial score (nSPS) is 10.5. The molecular weight excluding hydrogens is 282 g/mol. The maximum absolute atomic E-state index is 11.3. The Morgan fingerprint density at radius 1 is 1.37 bits per heavy atom. The summed E-state index contributed by atoms with van der Waals surface area (Å²) in [6, 6.07) is 7.24. The highest BCUT2D eigenvalue weighted by Crippen LogP contribution is 2.20. The van der Waals surface area contributed by atoms with Crippen LogP contribution in [0, 0.1) is 6.92 Å². The number of thiazole rings is 1. The van der Waals surface area contributed by atoms with Crippen LogP contribution < -0.4 is 4.74 Å². The second-order valence-corrected chi connectivity index (χ2v) is 5.65. The summed E-state index contributed by atoms with van der Waals surface area (Å²) in [4.78, 5) is 16.4. The fourth-order valence-electron chi connectivity index (χ4n) is 1.67. The van der Waals surface area contributed by atoms with E-state index in [0.29, 0.717) is 18.1 Å². The van der Waals surface area contributed by atoms with Crippen molar-refractivity contribution in [3.8, 4) is 5.75 Å². The zero-order chi connectivity index (χ0) is 13.8. The third-order valence-corrected chi connectivity index (χ3v) is 4.13. The maximum atomic E-state index is 11.3. The van der Waals surface area contributed by atoms with Gasteiger partial charge in [-0.1, -0.05) is 11.6 Å². The third-order valence-electron chi connectivity index (χ3n) is 2.56. The number of aryl methyl sites for hydroxylation is 1. The fourth-order valence-corrected chi connectivity index (χ4v) is 2.74. The van der Waals surface area contributed by atoms with Crippen LogP contribution in [0.3, 0.4) is 0 Å². The van der Waals surface area contributed by atoms with Crippen LogP contribution in [0.2, 0.25) is 5.02 Å². The van der Waals surface area contributed by atoms with Crippen LogP contribution in [-0.2, 0) is 6.42 Å². The van der Waals surface area contributed by atoms with Crippen LogP contribution in [-0.4, -0.2) is 17.4 Å². The minimum atomic E-state index is 0.0693. The number of halogens is 1. The number of rotatable bonds is 5. The molecule has 1 aromatic heterocycles. The van der Waals surface area contributed by atoms with Gasteiger partial charge in [0.05, 0.1) is 22.2 Å². The Labute approximate surface area is 121 Å². The van der Waals surface area contributed by atoms with Crippen molar-refractivity contribution in [1.82, 2.24) is 4.98 Å². The lowest BCUT2D eigenvalue weighted by atomic mass is 10.3. The molecule has 0 saturated heterocycles. The van der Waals surface area contributed by atoms with Gasteiger partial charge in [-0.15, -0.1) is 11.3 Å². The molecule has 0 aliphatic rings. The second kappa shape index (κ2) is 6.17. The fraction of sp³-hybridized carbons (Fsp3) is 0.286. The molecular formula is C14H14ClNO2S. The topological polar surface area (TPSA) is 39.2 Å². The maximum Gasteiger partial charge on any atom is 0.171 e. The van der Waals surface area contributed by atoms with Gasteiger partial charge in [0, 0.05) is 18.4 Å². The minimum Gasteiger partial charge on any atom is -0.493 e. The van der Waals surface area contributed by atoms with Crippen molar-refractivity contribution in [2.75, 3.05) is 6.61 Å². The summed E-state index contributed by atoms with van der Waals surface area (Å²) in [5.41, 5.74) is 0.805. The second-order valence-electron chi connectivity index (χ2n) is 4.13. The first-order chi connectivity index (χ1) is 9.06. The standard InChI is InChI=1S/C14H14ClNO2S/c1-9-14(10(2)17)19-13(16-9)7-8-18-12-5-3-11(15)4-6-12/h3-6H,7-8H2,1-2H3. The predicted octanol–water partition coefficient (Wildman–Crippen LogP) is 3.93. The van der Waals surface area contributed by atoms with E-state index in [2.05, 4.69) is 4.98 Å². The van der Waals surface area contributed by atoms with E-state index in [1.165, 1.54) is 11.3 Å². The Morgan fingerprint density at radius 2 is 2.05 bits per heavy atom. The van der Waals surface area contributed by atoms with Crippen molar-refractivity contribution in [2.24, 2.45) is 0 Å². The minimum absolute atomic E-state index is 0.0693. The number of hydrogen-bond acceptors (Lipinski definition) is 4. The summed E-state index contributed by atoms with van der Waals surface area (Å²) < 4.78 is 5.60. The highest BCUT2D eigenvalue weighted by Gasteiger charge is 2.11. The Bertz CT molecular complexity index is 578. The number of Topliss-reactive ketones (excluding diaryl/α,β-unsaturated/α-hetero) is 1. The first-order valence-corrected chi connectivity index (χ1v) is 7.11. The van der Waals surface area contributed by atoms with Gasteiger partial charge in [0.1, 0.15) is 5.75 Å². The number of ketones is 1. The van der Waals surface area contributed by atoms with Gasteiger partial charge in [0.15, 0.2) is 5.78 Å². The van der Waals surface area contributed by atoms with Crippen molar-refractivity contribution in [1.29, 1.82) is 0 Å². The summed E-state index contributed by atoms with van der Waals surface area (Å²) in [6.45, 7) is 3.96. The summed E-state index contributed by atoms with van der Waals surface area (Å²) in [5, 5.41) is 1.62. The molecule has 2 rings (SSSR count). The van der Waals surface area contributed by atoms with E-state index < -0.39 is 0 Å². The zero-order valence-corrected chi connectivity index (χ0v) is 12.3. The number of benzene rings is 1. The molecule has 2 aromatic rings. The molecule has 0 radical (unpaired) electrons. The molecule has 0 N–H and O–H groups in total. The lowest BCUT2D eigenvalue weighted by Gasteiger charge is -2.04. The number of hydrogen-bond donors (Lipinski definition) is 0. The molecule has 0 aliphatic heterocycles. The highest BCUT2D eigenvalue weighted by atomic mass is 35.5. The molecule has 19 heavy (non-hydrogen) atoms. The van der Waals surface area contributed by atoms with Gasteiger partial charge < -0.3 is 4.74 Å². The smallest absolute Gasteiger partial charge is 0.171 e. The lowest BCUT2D eigenvalue weighted by Crippen LogP contribution is -2.00. The van der Waals surface area contributed by atoms with E-state index >= 15 is 0 Å². The first-order valence-electron chi connectivity index (χ1n) is 5.92. The van der Waals surface area contributed by atoms with Crippen LogP contribution in [0.1, 0.15) is 27.3 Å². The number of carbonyl (C=O) groups is 1. The number of aromatic nitrogens is 1. The van der Waals surface area contributed by atoms with Crippen molar-refractivity contribution < 1.29 is 9.53 Å². The molecule has 0 fully saturated rings. The molecule has 3 nitrogen and oxygen atoms in total. The molecule has 0 aliphatic carbocycles. The van der Waals surface area contributed by atoms with E-state index in [1.54, 1.807) is 19.1 Å². The number of carbonyl (C=O) groups excluding carboxylic acids is 1. The molecule has 100 valence electrons. The van der Waals surface area contributed by atoms with Gasteiger partial charge in [0.2, 0.25) is 0 Å².